The molecule has 0 fully saturated rings. The number of hydrogen-bond donors (Lipinski definition) is 0. The molecule has 0 N–H and O–H groups in total. The summed E-state index contributed by atoms with van der Waals surface area (Å²) >= 11 is 0. The van der Waals surface area contributed by atoms with E-state index >= 15 is 0 Å². The minimum atomic E-state index is -2.77. The number of carbonyl (C=O) groups excluding carboxylic acids is 1. The lowest BCUT2D eigenvalue weighted by Crippen LogP contribution is -2.05. The van der Waals surface area contributed by atoms with E-state index < -0.39 is 40.8 Å². The lowest BCUT2D eigenvalue weighted by Gasteiger charge is -2.06. The number of carbonyl (C=O) groups is 1. The van der Waals surface area contributed by atoms with Gasteiger partial charge in [-0.3, -0.25) is 4.79 Å². The van der Waals surface area contributed by atoms with E-state index in [0.717, 1.165) is 6.92 Å². The lowest BCUT2D eigenvalue weighted by molar-refractivity contribution is -0.132. The summed E-state index contributed by atoms with van der Waals surface area (Å²) in [6, 6.07) is 1.23. The molecule has 0 bridgehead atoms. The van der Waals surface area contributed by atoms with E-state index in [1.54, 1.807) is 0 Å². The number of hydrogen-bond acceptors (Lipinski definition) is 2. The molecule has 1 rings (SSSR count). The van der Waals surface area contributed by atoms with Crippen molar-refractivity contribution >= 4 is 11.8 Å². The molecule has 0 atom stereocenters. The third kappa shape index (κ3) is 2.80. The molecule has 0 saturated heterocycles. The molecular weight excluding hydrogens is 247 g/mol. The Morgan fingerprint density at radius 3 is 2.18 bits per heavy atom. The van der Waals surface area contributed by atoms with Crippen LogP contribution >= 0.6 is 0 Å². The molecule has 0 aliphatic heterocycles. The van der Waals surface area contributed by atoms with Gasteiger partial charge in [0.2, 0.25) is 5.82 Å². The summed E-state index contributed by atoms with van der Waals surface area (Å²) in [7, 11) is 0. The van der Waals surface area contributed by atoms with Gasteiger partial charge >= 0.3 is 12.0 Å². The zero-order chi connectivity index (χ0) is 13.2. The first-order valence-corrected chi connectivity index (χ1v) is 4.22. The van der Waals surface area contributed by atoms with E-state index in [-0.39, 0.29) is 0 Å². The number of rotatable bonds is 2. The van der Waals surface area contributed by atoms with Crippen molar-refractivity contribution in [3.8, 4) is 5.75 Å². The monoisotopic (exact) mass is 252 g/mol. The highest BCUT2D eigenvalue weighted by Crippen LogP contribution is 2.30. The van der Waals surface area contributed by atoms with Crippen LogP contribution in [-0.4, -0.2) is 5.97 Å². The number of benzene rings is 1. The Morgan fingerprint density at radius 1 is 1.12 bits per heavy atom. The zero-order valence-electron chi connectivity index (χ0n) is 8.36. The highest BCUT2D eigenvalue weighted by atomic mass is 19.3. The van der Waals surface area contributed by atoms with Gasteiger partial charge in [-0.1, -0.05) is 0 Å². The summed E-state index contributed by atoms with van der Waals surface area (Å²) in [6.07, 6.45) is -2.77. The Labute approximate surface area is 92.3 Å². The summed E-state index contributed by atoms with van der Waals surface area (Å²) in [5.41, 5.74) is -1.24. The Morgan fingerprint density at radius 2 is 1.71 bits per heavy atom. The molecule has 2 nitrogen and oxygen atoms in total. The molecule has 0 spiro atoms. The van der Waals surface area contributed by atoms with Crippen molar-refractivity contribution in [3.63, 3.8) is 0 Å². The molecule has 17 heavy (non-hydrogen) atoms. The number of halogens is 5. The highest BCUT2D eigenvalue weighted by Gasteiger charge is 2.20. The van der Waals surface area contributed by atoms with Crippen LogP contribution in [0.2, 0.25) is 0 Å². The normalized spacial score (nSPS) is 10.0. The quantitative estimate of drug-likeness (QED) is 0.458. The van der Waals surface area contributed by atoms with Crippen LogP contribution in [0.1, 0.15) is 12.5 Å². The maximum absolute atomic E-state index is 13.2. The molecule has 0 unspecified atom stereocenters. The van der Waals surface area contributed by atoms with Crippen molar-refractivity contribution in [1.29, 1.82) is 0 Å². The smallest absolute Gasteiger partial charge is 0.308 e. The van der Waals surface area contributed by atoms with Crippen molar-refractivity contribution in [2.24, 2.45) is 0 Å². The Kier molecular flexibility index (Phi) is 3.82. The summed E-state index contributed by atoms with van der Waals surface area (Å²) in [5, 5.41) is 0. The second kappa shape index (κ2) is 4.94. The molecular formula is C10H5F5O2. The van der Waals surface area contributed by atoms with Gasteiger partial charge < -0.3 is 4.74 Å². The van der Waals surface area contributed by atoms with Gasteiger partial charge in [-0.05, 0) is 12.1 Å². The molecule has 0 heterocycles. The zero-order valence-corrected chi connectivity index (χ0v) is 8.36. The average Bonchev–Trinajstić information content (AvgIpc) is 2.23. The predicted octanol–water partition coefficient (Wildman–Crippen LogP) is 3.42. The van der Waals surface area contributed by atoms with Crippen molar-refractivity contribution in [1.82, 2.24) is 0 Å². The van der Waals surface area contributed by atoms with Gasteiger partial charge in [0, 0.05) is 6.92 Å². The van der Waals surface area contributed by atoms with Crippen LogP contribution in [0.3, 0.4) is 0 Å². The van der Waals surface area contributed by atoms with E-state index in [1.165, 1.54) is 0 Å². The third-order valence-electron chi connectivity index (χ3n) is 1.70. The van der Waals surface area contributed by atoms with Gasteiger partial charge in [0.25, 0.3) is 0 Å². The van der Waals surface area contributed by atoms with Crippen molar-refractivity contribution in [2.75, 3.05) is 0 Å². The molecule has 1 aromatic rings. The van der Waals surface area contributed by atoms with Crippen molar-refractivity contribution in [2.45, 2.75) is 6.92 Å². The Hall–Kier alpha value is -1.92. The van der Waals surface area contributed by atoms with Gasteiger partial charge in [0.05, 0.1) is 5.56 Å². The standard InChI is InChI=1S/C10H5F5O2/c1-4(16)17-6-3-2-5(7(11)9(6)13)8(12)10(14)15/h2-3H,1H3. The average molecular weight is 252 g/mol. The van der Waals surface area contributed by atoms with Crippen molar-refractivity contribution < 1.29 is 31.5 Å². The minimum Gasteiger partial charge on any atom is -0.423 e. The molecule has 0 radical (unpaired) electrons. The van der Waals surface area contributed by atoms with Gasteiger partial charge in [0.1, 0.15) is 0 Å². The maximum atomic E-state index is 13.2. The van der Waals surface area contributed by atoms with E-state index in [0.29, 0.717) is 12.1 Å². The fourth-order valence-corrected chi connectivity index (χ4v) is 1.04. The van der Waals surface area contributed by atoms with Crippen LogP contribution < -0.4 is 4.74 Å². The molecule has 92 valence electrons. The van der Waals surface area contributed by atoms with Crippen LogP contribution in [0.4, 0.5) is 22.0 Å². The summed E-state index contributed by atoms with van der Waals surface area (Å²) in [5.74, 6) is -7.46. The van der Waals surface area contributed by atoms with Crippen LogP contribution in [-0.2, 0) is 4.79 Å². The minimum absolute atomic E-state index is 0.547. The molecule has 7 heteroatoms. The molecule has 0 aliphatic carbocycles. The van der Waals surface area contributed by atoms with Gasteiger partial charge in [0.15, 0.2) is 17.4 Å². The van der Waals surface area contributed by atoms with Gasteiger partial charge in [-0.15, -0.1) is 0 Å². The fraction of sp³-hybridized carbons (Fsp3) is 0.100. The van der Waals surface area contributed by atoms with E-state index in [1.807, 2.05) is 0 Å². The molecule has 0 saturated carbocycles. The molecule has 0 aromatic heterocycles. The van der Waals surface area contributed by atoms with E-state index in [2.05, 4.69) is 4.74 Å². The van der Waals surface area contributed by atoms with Gasteiger partial charge in [-0.25, -0.2) is 8.78 Å². The fourth-order valence-electron chi connectivity index (χ4n) is 1.04. The first-order chi connectivity index (χ1) is 7.84. The molecule has 0 aliphatic rings. The SMILES string of the molecule is CC(=O)Oc1ccc(C(F)=C(F)F)c(F)c1F. The van der Waals surface area contributed by atoms with Crippen LogP contribution in [0, 0.1) is 11.6 Å². The second-order valence-electron chi connectivity index (χ2n) is 2.91. The summed E-state index contributed by atoms with van der Waals surface area (Å²) in [6.45, 7) is 0.937. The highest BCUT2D eigenvalue weighted by molar-refractivity contribution is 5.70. The van der Waals surface area contributed by atoms with Crippen LogP contribution in [0.25, 0.3) is 5.83 Å². The second-order valence-corrected chi connectivity index (χ2v) is 2.91. The first-order valence-electron chi connectivity index (χ1n) is 4.22. The Bertz CT molecular complexity index is 492. The predicted molar refractivity (Wildman–Crippen MR) is 47.9 cm³/mol. The van der Waals surface area contributed by atoms with Crippen molar-refractivity contribution in [3.05, 3.63) is 35.4 Å². The van der Waals surface area contributed by atoms with E-state index in [9.17, 15) is 26.7 Å². The Balaban J connectivity index is 3.29. The maximum Gasteiger partial charge on any atom is 0.308 e. The van der Waals surface area contributed by atoms with E-state index in [4.69, 9.17) is 0 Å². The largest absolute Gasteiger partial charge is 0.423 e. The van der Waals surface area contributed by atoms with Crippen LogP contribution in [0.5, 0.6) is 5.75 Å². The first kappa shape index (κ1) is 13.1. The third-order valence-corrected chi connectivity index (χ3v) is 1.70. The molecule has 1 aromatic carbocycles. The number of ether oxygens (including phenoxy) is 1. The number of esters is 1. The van der Waals surface area contributed by atoms with Crippen LogP contribution in [0.15, 0.2) is 18.2 Å². The lowest BCUT2D eigenvalue weighted by atomic mass is 10.1. The summed E-state index contributed by atoms with van der Waals surface area (Å²) in [4.78, 5) is 10.5. The summed E-state index contributed by atoms with van der Waals surface area (Å²) < 4.78 is 67.0. The molecule has 0 amide bonds. The van der Waals surface area contributed by atoms with Gasteiger partial charge in [-0.2, -0.15) is 13.2 Å². The topological polar surface area (TPSA) is 26.3 Å².